The van der Waals surface area contributed by atoms with E-state index in [0.29, 0.717) is 42.8 Å². The van der Waals surface area contributed by atoms with Crippen LogP contribution in [0.5, 0.6) is 0 Å². The molecule has 2 aromatic rings. The number of amides is 1. The van der Waals surface area contributed by atoms with Gasteiger partial charge < -0.3 is 9.64 Å². The number of ether oxygens (including phenoxy) is 1. The molecule has 0 unspecified atom stereocenters. The molecule has 1 aromatic carbocycles. The van der Waals surface area contributed by atoms with Crippen LogP contribution >= 0.6 is 15.9 Å². The summed E-state index contributed by atoms with van der Waals surface area (Å²) in [5.74, 6) is 0.770. The van der Waals surface area contributed by atoms with Crippen molar-refractivity contribution in [2.24, 2.45) is 0 Å². The van der Waals surface area contributed by atoms with Crippen LogP contribution < -0.4 is 9.80 Å². The third-order valence-corrected chi connectivity index (χ3v) is 8.87. The van der Waals surface area contributed by atoms with Crippen LogP contribution in [0.4, 0.5) is 17.2 Å². The van der Waals surface area contributed by atoms with Crippen molar-refractivity contribution in [1.29, 1.82) is 0 Å². The molecule has 0 radical (unpaired) electrons. The lowest BCUT2D eigenvalue weighted by molar-refractivity contribution is -0.384. The van der Waals surface area contributed by atoms with Gasteiger partial charge in [0.05, 0.1) is 16.0 Å². The number of nitro groups is 1. The highest BCUT2D eigenvalue weighted by molar-refractivity contribution is 9.10. The number of non-ortho nitro benzene ring substituents is 1. The number of piperidine rings is 1. The third kappa shape index (κ3) is 4.69. The number of nitrogens with zero attached hydrogens (tertiary/aromatic N) is 4. The number of aromatic nitrogens is 1. The fourth-order valence-electron chi connectivity index (χ4n) is 4.59. The zero-order chi connectivity index (χ0) is 23.8. The summed E-state index contributed by atoms with van der Waals surface area (Å²) in [6.07, 6.45) is 3.03. The molecule has 2 aliphatic heterocycles. The molecule has 0 aliphatic carbocycles. The predicted octanol–water partition coefficient (Wildman–Crippen LogP) is 4.95. The lowest BCUT2D eigenvalue weighted by Gasteiger charge is -2.39. The van der Waals surface area contributed by atoms with Gasteiger partial charge in [-0.3, -0.25) is 19.8 Å². The van der Waals surface area contributed by atoms with Gasteiger partial charge in [0.1, 0.15) is 12.5 Å². The molecule has 0 atom stereocenters. The van der Waals surface area contributed by atoms with Crippen molar-refractivity contribution in [2.45, 2.75) is 43.9 Å². The van der Waals surface area contributed by atoms with Crippen LogP contribution in [-0.2, 0) is 14.9 Å². The van der Waals surface area contributed by atoms with Gasteiger partial charge in [-0.2, -0.15) is 0 Å². The van der Waals surface area contributed by atoms with E-state index in [4.69, 9.17) is 4.74 Å². The Balaban J connectivity index is 1.50. The smallest absolute Gasteiger partial charge is 0.270 e. The minimum atomic E-state index is -1.21. The number of hydrogen-bond acceptors (Lipinski definition) is 6. The lowest BCUT2D eigenvalue weighted by Crippen LogP contribution is -2.49. The van der Waals surface area contributed by atoms with E-state index in [2.05, 4.69) is 45.5 Å². The summed E-state index contributed by atoms with van der Waals surface area (Å²) in [5, 5.41) is 11.1. The molecule has 0 saturated carbocycles. The first-order valence-electron chi connectivity index (χ1n) is 11.2. The summed E-state index contributed by atoms with van der Waals surface area (Å²) in [6.45, 7) is 9.13. The van der Waals surface area contributed by atoms with E-state index < -0.39 is 18.4 Å². The van der Waals surface area contributed by atoms with Gasteiger partial charge in [0.25, 0.3) is 5.69 Å². The summed E-state index contributed by atoms with van der Waals surface area (Å²) >= 11 is 3.48. The number of halogens is 1. The highest BCUT2D eigenvalue weighted by atomic mass is 79.9. The minimum Gasteiger partial charge on any atom is -0.371 e. The van der Waals surface area contributed by atoms with Gasteiger partial charge in [-0.05, 0) is 46.9 Å². The molecule has 4 rings (SSSR count). The van der Waals surface area contributed by atoms with Crippen LogP contribution in [0, 0.1) is 10.1 Å². The average Bonchev–Trinajstić information content (AvgIpc) is 2.99. The van der Waals surface area contributed by atoms with Gasteiger partial charge in [0.2, 0.25) is 5.91 Å². The molecule has 10 heteroatoms. The van der Waals surface area contributed by atoms with E-state index in [1.54, 1.807) is 17.2 Å². The monoisotopic (exact) mass is 532 g/mol. The van der Waals surface area contributed by atoms with Crippen molar-refractivity contribution in [2.75, 3.05) is 36.2 Å². The first-order chi connectivity index (χ1) is 15.6. The van der Waals surface area contributed by atoms with Crippen molar-refractivity contribution in [3.63, 3.8) is 0 Å². The maximum absolute atomic E-state index is 13.7. The number of carbonyl (C=O) groups excluding carboxylic acids is 1. The Morgan fingerprint density at radius 1 is 1.24 bits per heavy atom. The van der Waals surface area contributed by atoms with E-state index in [0.717, 1.165) is 17.3 Å². The Morgan fingerprint density at radius 3 is 2.61 bits per heavy atom. The SMILES string of the molecule is C[Si](C)(C)CCOCN1C(=O)C2(CCN(c3ccc([N+](=O)[O-])cc3Br)CC2)c2cccnc21. The van der Waals surface area contributed by atoms with Gasteiger partial charge in [-0.25, -0.2) is 4.98 Å². The molecule has 3 heterocycles. The fraction of sp³-hybridized carbons (Fsp3) is 0.478. The van der Waals surface area contributed by atoms with Crippen molar-refractivity contribution < 1.29 is 14.5 Å². The van der Waals surface area contributed by atoms with Crippen LogP contribution in [0.1, 0.15) is 18.4 Å². The summed E-state index contributed by atoms with van der Waals surface area (Å²) < 4.78 is 6.60. The zero-order valence-corrected chi connectivity index (χ0v) is 21.8. The number of anilines is 2. The van der Waals surface area contributed by atoms with E-state index in [-0.39, 0.29) is 18.3 Å². The Hall–Kier alpha value is -2.30. The van der Waals surface area contributed by atoms with Crippen molar-refractivity contribution in [3.8, 4) is 0 Å². The Labute approximate surface area is 203 Å². The molecule has 1 aromatic heterocycles. The fourth-order valence-corrected chi connectivity index (χ4v) is 5.96. The van der Waals surface area contributed by atoms with Crippen LogP contribution in [0.25, 0.3) is 0 Å². The van der Waals surface area contributed by atoms with Gasteiger partial charge in [-0.1, -0.05) is 25.7 Å². The highest BCUT2D eigenvalue weighted by Crippen LogP contribution is 2.48. The number of nitro benzene ring substituents is 1. The molecule has 1 amide bonds. The Bertz CT molecular complexity index is 1070. The van der Waals surface area contributed by atoms with Crippen LogP contribution in [0.2, 0.25) is 25.7 Å². The van der Waals surface area contributed by atoms with E-state index in [9.17, 15) is 14.9 Å². The van der Waals surface area contributed by atoms with E-state index >= 15 is 0 Å². The Kier molecular flexibility index (Phi) is 6.61. The zero-order valence-electron chi connectivity index (χ0n) is 19.2. The molecule has 1 spiro atoms. The molecular formula is C23H29BrN4O4Si. The lowest BCUT2D eigenvalue weighted by atomic mass is 9.74. The minimum absolute atomic E-state index is 0.0508. The number of carbonyl (C=O) groups is 1. The van der Waals surface area contributed by atoms with E-state index in [1.165, 1.54) is 12.1 Å². The second-order valence-electron chi connectivity index (χ2n) is 9.92. The van der Waals surface area contributed by atoms with Crippen LogP contribution in [0.15, 0.2) is 41.0 Å². The quantitative estimate of drug-likeness (QED) is 0.217. The second kappa shape index (κ2) is 9.15. The van der Waals surface area contributed by atoms with E-state index in [1.807, 2.05) is 12.1 Å². The second-order valence-corrected chi connectivity index (χ2v) is 16.4. The summed E-state index contributed by atoms with van der Waals surface area (Å²) in [4.78, 5) is 32.7. The molecule has 176 valence electrons. The maximum atomic E-state index is 13.7. The Morgan fingerprint density at radius 2 is 1.97 bits per heavy atom. The molecule has 1 fully saturated rings. The molecule has 2 aliphatic rings. The number of fused-ring (bicyclic) bond motifs is 2. The number of hydrogen-bond donors (Lipinski definition) is 0. The topological polar surface area (TPSA) is 88.8 Å². The first-order valence-corrected chi connectivity index (χ1v) is 15.7. The summed E-state index contributed by atoms with van der Waals surface area (Å²) in [7, 11) is -1.21. The van der Waals surface area contributed by atoms with Crippen molar-refractivity contribution in [3.05, 3.63) is 56.7 Å². The molecular weight excluding hydrogens is 504 g/mol. The molecule has 8 nitrogen and oxygen atoms in total. The molecule has 1 saturated heterocycles. The largest absolute Gasteiger partial charge is 0.371 e. The number of benzene rings is 1. The highest BCUT2D eigenvalue weighted by Gasteiger charge is 2.53. The van der Waals surface area contributed by atoms with Crippen LogP contribution in [-0.4, -0.2) is 50.3 Å². The maximum Gasteiger partial charge on any atom is 0.270 e. The third-order valence-electron chi connectivity index (χ3n) is 6.53. The summed E-state index contributed by atoms with van der Waals surface area (Å²) in [6, 6.07) is 9.77. The van der Waals surface area contributed by atoms with Crippen LogP contribution in [0.3, 0.4) is 0 Å². The van der Waals surface area contributed by atoms with Gasteiger partial charge in [0.15, 0.2) is 0 Å². The molecule has 33 heavy (non-hydrogen) atoms. The first kappa shape index (κ1) is 23.8. The van der Waals surface area contributed by atoms with Gasteiger partial charge in [-0.15, -0.1) is 0 Å². The normalized spacial score (nSPS) is 17.5. The van der Waals surface area contributed by atoms with Gasteiger partial charge in [0, 0.05) is 56.1 Å². The number of pyridine rings is 1. The summed E-state index contributed by atoms with van der Waals surface area (Å²) in [5.41, 5.74) is 1.33. The van der Waals surface area contributed by atoms with Crippen molar-refractivity contribution in [1.82, 2.24) is 4.98 Å². The molecule has 0 bridgehead atoms. The molecule has 0 N–H and O–H groups in total. The number of rotatable bonds is 7. The predicted molar refractivity (Wildman–Crippen MR) is 135 cm³/mol. The average molecular weight is 533 g/mol. The van der Waals surface area contributed by atoms with Crippen molar-refractivity contribution >= 4 is 47.1 Å². The standard InChI is InChI=1S/C23H29BrN4O4Si/c1-33(2,3)14-13-32-16-27-21-18(5-4-10-25-21)23(22(27)29)8-11-26(12-9-23)20-7-6-17(28(30)31)15-19(20)24/h4-7,10,15H,8-9,11-14,16H2,1-3H3. The van der Waals surface area contributed by atoms with Gasteiger partial charge >= 0.3 is 0 Å².